The third-order valence-corrected chi connectivity index (χ3v) is 1.97. The number of thiocarbonyl (C=S) groups is 1. The van der Waals surface area contributed by atoms with Crippen LogP contribution in [0.5, 0.6) is 0 Å². The van der Waals surface area contributed by atoms with Gasteiger partial charge in [0.2, 0.25) is 0 Å². The molecule has 0 saturated heterocycles. The van der Waals surface area contributed by atoms with Crippen LogP contribution in [0.2, 0.25) is 0 Å². The Morgan fingerprint density at radius 1 is 1.50 bits per heavy atom. The highest BCUT2D eigenvalue weighted by molar-refractivity contribution is 8.10. The van der Waals surface area contributed by atoms with Gasteiger partial charge in [0, 0.05) is 13.1 Å². The third-order valence-electron chi connectivity index (χ3n) is 1.43. The zero-order valence-electron chi connectivity index (χ0n) is 6.63. The van der Waals surface area contributed by atoms with Gasteiger partial charge >= 0.3 is 0 Å². The van der Waals surface area contributed by atoms with Crippen LogP contribution in [-0.4, -0.2) is 22.3 Å². The first kappa shape index (κ1) is 10.2. The molecule has 0 heterocycles. The molecule has 0 rings (SSSR count). The molecule has 0 aromatic heterocycles. The van der Waals surface area contributed by atoms with Crippen molar-refractivity contribution in [2.24, 2.45) is 0 Å². The lowest BCUT2D eigenvalue weighted by molar-refractivity contribution is 0.442. The maximum Gasteiger partial charge on any atom is 0.133 e. The van der Waals surface area contributed by atoms with Crippen molar-refractivity contribution in [1.29, 1.82) is 0 Å². The minimum absolute atomic E-state index is 0.718. The molecule has 0 N–H and O–H groups in total. The van der Waals surface area contributed by atoms with Gasteiger partial charge < -0.3 is 4.90 Å². The molecule has 0 saturated carbocycles. The molecule has 0 amide bonds. The first-order chi connectivity index (χ1) is 4.72. The number of nitrogens with zero attached hydrogens (tertiary/aromatic N) is 1. The Kier molecular flexibility index (Phi) is 6.13. The normalized spacial score (nSPS) is 9.50. The highest BCUT2D eigenvalue weighted by Gasteiger charge is 2.00. The van der Waals surface area contributed by atoms with Crippen LogP contribution in [0, 0.1) is 0 Å². The summed E-state index contributed by atoms with van der Waals surface area (Å²) in [6.07, 6.45) is 2.42. The van der Waals surface area contributed by atoms with Crippen molar-refractivity contribution in [3.8, 4) is 0 Å². The molecule has 0 aromatic carbocycles. The predicted molar refractivity (Wildman–Crippen MR) is 53.7 cm³/mol. The summed E-state index contributed by atoms with van der Waals surface area (Å²) >= 11 is 9.02. The fourth-order valence-corrected chi connectivity index (χ4v) is 1.20. The zero-order valence-corrected chi connectivity index (χ0v) is 8.34. The molecule has 0 aliphatic rings. The van der Waals surface area contributed by atoms with Gasteiger partial charge in [0.15, 0.2) is 0 Å². The highest BCUT2D eigenvalue weighted by Crippen LogP contribution is 1.99. The second-order valence-corrected chi connectivity index (χ2v) is 3.33. The van der Waals surface area contributed by atoms with Gasteiger partial charge in [-0.3, -0.25) is 0 Å². The lowest BCUT2D eigenvalue weighted by atomic mass is 10.3. The van der Waals surface area contributed by atoms with E-state index in [0.717, 1.165) is 17.4 Å². The monoisotopic (exact) mass is 177 g/mol. The van der Waals surface area contributed by atoms with Crippen molar-refractivity contribution in [3.63, 3.8) is 0 Å². The van der Waals surface area contributed by atoms with Gasteiger partial charge in [0.05, 0.1) is 0 Å². The van der Waals surface area contributed by atoms with Crippen LogP contribution in [0.3, 0.4) is 0 Å². The Balaban J connectivity index is 3.50. The molecule has 0 aromatic rings. The minimum Gasteiger partial charge on any atom is -0.358 e. The fraction of sp³-hybridized carbons (Fsp3) is 0.857. The summed E-state index contributed by atoms with van der Waals surface area (Å²) in [7, 11) is 0. The molecule has 60 valence electrons. The van der Waals surface area contributed by atoms with Crippen molar-refractivity contribution in [3.05, 3.63) is 0 Å². The molecule has 0 fully saturated rings. The number of hydrogen-bond donors (Lipinski definition) is 1. The molecule has 0 radical (unpaired) electrons. The number of thiol groups is 1. The Morgan fingerprint density at radius 2 is 2.10 bits per heavy atom. The van der Waals surface area contributed by atoms with Crippen molar-refractivity contribution in [1.82, 2.24) is 4.90 Å². The maximum atomic E-state index is 4.92. The summed E-state index contributed by atoms with van der Waals surface area (Å²) in [6.45, 7) is 6.30. The van der Waals surface area contributed by atoms with E-state index < -0.39 is 0 Å². The van der Waals surface area contributed by atoms with Gasteiger partial charge in [-0.15, -0.1) is 12.6 Å². The van der Waals surface area contributed by atoms with E-state index in [2.05, 4.69) is 31.4 Å². The molecule has 0 aliphatic heterocycles. The Labute approximate surface area is 74.2 Å². The van der Waals surface area contributed by atoms with Crippen molar-refractivity contribution in [2.75, 3.05) is 13.1 Å². The second-order valence-electron chi connectivity index (χ2n) is 2.22. The van der Waals surface area contributed by atoms with Gasteiger partial charge in [0.25, 0.3) is 0 Å². The van der Waals surface area contributed by atoms with Crippen LogP contribution in [0.15, 0.2) is 0 Å². The largest absolute Gasteiger partial charge is 0.358 e. The first-order valence-electron chi connectivity index (χ1n) is 3.70. The Bertz CT molecular complexity index is 104. The average molecular weight is 177 g/mol. The van der Waals surface area contributed by atoms with Gasteiger partial charge in [-0.1, -0.05) is 25.6 Å². The first-order valence-corrected chi connectivity index (χ1v) is 4.55. The van der Waals surface area contributed by atoms with Crippen LogP contribution in [0.1, 0.15) is 26.7 Å². The number of hydrogen-bond acceptors (Lipinski definition) is 1. The summed E-state index contributed by atoms with van der Waals surface area (Å²) in [5.41, 5.74) is 0. The predicted octanol–water partition coefficient (Wildman–Crippen LogP) is 2.32. The van der Waals surface area contributed by atoms with Crippen LogP contribution in [0.4, 0.5) is 0 Å². The van der Waals surface area contributed by atoms with Crippen molar-refractivity contribution < 1.29 is 0 Å². The fourth-order valence-electron chi connectivity index (χ4n) is 0.738. The number of rotatable bonds is 4. The Morgan fingerprint density at radius 3 is 2.40 bits per heavy atom. The lowest BCUT2D eigenvalue weighted by Gasteiger charge is -2.19. The summed E-state index contributed by atoms with van der Waals surface area (Å²) in [5.74, 6) is 0. The molecule has 1 nitrogen and oxygen atoms in total. The van der Waals surface area contributed by atoms with Gasteiger partial charge in [-0.05, 0) is 13.3 Å². The van der Waals surface area contributed by atoms with E-state index in [1.54, 1.807) is 0 Å². The van der Waals surface area contributed by atoms with Crippen LogP contribution in [0.25, 0.3) is 0 Å². The van der Waals surface area contributed by atoms with E-state index in [1.807, 2.05) is 0 Å². The molecular weight excluding hydrogens is 162 g/mol. The topological polar surface area (TPSA) is 3.24 Å². The average Bonchev–Trinajstić information content (AvgIpc) is 1.89. The van der Waals surface area contributed by atoms with E-state index in [-0.39, 0.29) is 0 Å². The molecule has 0 spiro atoms. The van der Waals surface area contributed by atoms with E-state index in [9.17, 15) is 0 Å². The van der Waals surface area contributed by atoms with Crippen LogP contribution in [-0.2, 0) is 0 Å². The molecule has 0 atom stereocenters. The molecule has 0 unspecified atom stereocenters. The van der Waals surface area contributed by atoms with Crippen LogP contribution < -0.4 is 0 Å². The zero-order chi connectivity index (χ0) is 7.98. The van der Waals surface area contributed by atoms with E-state index in [0.29, 0.717) is 0 Å². The lowest BCUT2D eigenvalue weighted by Crippen LogP contribution is -2.26. The third kappa shape index (κ3) is 4.12. The quantitative estimate of drug-likeness (QED) is 0.518. The molecule has 3 heteroatoms. The van der Waals surface area contributed by atoms with E-state index >= 15 is 0 Å². The summed E-state index contributed by atoms with van der Waals surface area (Å²) in [6, 6.07) is 0. The molecule has 0 bridgehead atoms. The summed E-state index contributed by atoms with van der Waals surface area (Å²) < 4.78 is 0.718. The van der Waals surface area contributed by atoms with Gasteiger partial charge in [0.1, 0.15) is 4.32 Å². The summed E-state index contributed by atoms with van der Waals surface area (Å²) in [4.78, 5) is 2.10. The van der Waals surface area contributed by atoms with Crippen LogP contribution >= 0.6 is 24.8 Å². The smallest absolute Gasteiger partial charge is 0.133 e. The highest BCUT2D eigenvalue weighted by atomic mass is 32.1. The minimum atomic E-state index is 0.718. The molecule has 0 aliphatic carbocycles. The number of unbranched alkanes of at least 4 members (excludes halogenated alkanes) is 1. The van der Waals surface area contributed by atoms with Gasteiger partial charge in [-0.25, -0.2) is 0 Å². The SMILES string of the molecule is CCCCN(CC)C(=S)S. The van der Waals surface area contributed by atoms with E-state index in [1.165, 1.54) is 12.8 Å². The maximum absolute atomic E-state index is 4.92. The molecular formula is C7H15NS2. The summed E-state index contributed by atoms with van der Waals surface area (Å²) in [5, 5.41) is 0. The second kappa shape index (κ2) is 5.98. The molecule has 10 heavy (non-hydrogen) atoms. The van der Waals surface area contributed by atoms with Gasteiger partial charge in [-0.2, -0.15) is 0 Å². The standard InChI is InChI=1S/C7H15NS2/c1-3-5-6-8(4-2)7(9)10/h3-6H2,1-2H3,(H,9,10). The Hall–Kier alpha value is 0.240. The van der Waals surface area contributed by atoms with E-state index in [4.69, 9.17) is 12.2 Å². The van der Waals surface area contributed by atoms with Crippen molar-refractivity contribution >= 4 is 29.2 Å². The van der Waals surface area contributed by atoms with Crippen molar-refractivity contribution in [2.45, 2.75) is 26.7 Å².